The van der Waals surface area contributed by atoms with E-state index in [1.807, 2.05) is 0 Å². The van der Waals surface area contributed by atoms with Crippen molar-refractivity contribution in [1.82, 2.24) is 0 Å². The van der Waals surface area contributed by atoms with Gasteiger partial charge in [0.05, 0.1) is 15.3 Å². The summed E-state index contributed by atoms with van der Waals surface area (Å²) in [7, 11) is 0. The van der Waals surface area contributed by atoms with E-state index in [-0.39, 0.29) is 17.2 Å². The summed E-state index contributed by atoms with van der Waals surface area (Å²) in [6.45, 7) is 0. The number of nitro benzene ring substituents is 1. The Morgan fingerprint density at radius 3 is 2.15 bits per heavy atom. The summed E-state index contributed by atoms with van der Waals surface area (Å²) in [4.78, 5) is 49.1. The van der Waals surface area contributed by atoms with Crippen molar-refractivity contribution in [3.05, 3.63) is 140 Å². The highest BCUT2D eigenvalue weighted by atomic mass is 79.9. The predicted molar refractivity (Wildman–Crippen MR) is 153 cm³/mol. The van der Waals surface area contributed by atoms with Crippen LogP contribution in [-0.4, -0.2) is 28.7 Å². The Kier molecular flexibility index (Phi) is 9.00. The van der Waals surface area contributed by atoms with E-state index in [2.05, 4.69) is 37.2 Å². The molecule has 4 rings (SSSR count). The van der Waals surface area contributed by atoms with Crippen molar-refractivity contribution in [2.75, 3.05) is 5.32 Å². The molecule has 0 aliphatic heterocycles. The van der Waals surface area contributed by atoms with Crippen LogP contribution in [0.3, 0.4) is 0 Å². The number of non-ortho nitro benzene ring substituents is 1. The van der Waals surface area contributed by atoms with Crippen LogP contribution >= 0.6 is 31.9 Å². The van der Waals surface area contributed by atoms with Gasteiger partial charge < -0.3 is 10.1 Å². The average Bonchev–Trinajstić information content (AvgIpc) is 2.96. The number of carbonyl (C=O) groups excluding carboxylic acids is 3. The van der Waals surface area contributed by atoms with E-state index in [4.69, 9.17) is 4.74 Å². The van der Waals surface area contributed by atoms with Gasteiger partial charge in [0.15, 0.2) is 6.10 Å². The largest absolute Gasteiger partial charge is 0.449 e. The van der Waals surface area contributed by atoms with Crippen LogP contribution in [0.4, 0.5) is 11.4 Å². The van der Waals surface area contributed by atoms with Crippen molar-refractivity contribution in [3.63, 3.8) is 0 Å². The molecule has 0 saturated carbocycles. The summed E-state index contributed by atoms with van der Waals surface area (Å²) in [5.41, 5.74) is 1.43. The van der Waals surface area contributed by atoms with Crippen molar-refractivity contribution in [2.45, 2.75) is 10.9 Å². The van der Waals surface area contributed by atoms with Crippen LogP contribution in [0.1, 0.15) is 41.5 Å². The maximum absolute atomic E-state index is 13.4. The number of anilines is 1. The second-order valence-electron chi connectivity index (χ2n) is 8.35. The molecule has 0 heterocycles. The molecule has 1 N–H and O–H groups in total. The molecule has 39 heavy (non-hydrogen) atoms. The minimum atomic E-state index is -1.34. The molecule has 0 bridgehead atoms. The first-order valence-corrected chi connectivity index (χ1v) is 13.3. The number of Topliss-reactive ketones (excluding diaryl/α,β-unsaturated/α-hetero) is 1. The molecule has 196 valence electrons. The lowest BCUT2D eigenvalue weighted by atomic mass is 9.99. The van der Waals surface area contributed by atoms with Gasteiger partial charge in [-0.05, 0) is 48.0 Å². The lowest BCUT2D eigenvalue weighted by molar-refractivity contribution is -0.384. The number of alkyl halides is 1. The fourth-order valence-electron chi connectivity index (χ4n) is 3.71. The summed E-state index contributed by atoms with van der Waals surface area (Å²) in [5.74, 6) is -1.66. The van der Waals surface area contributed by atoms with Gasteiger partial charge in [-0.15, -0.1) is 0 Å². The number of esters is 1. The number of ketones is 1. The molecule has 0 fully saturated rings. The number of nitrogens with one attached hydrogen (secondary N) is 1. The molecule has 8 nitrogen and oxygen atoms in total. The quantitative estimate of drug-likeness (QED) is 0.0675. The highest BCUT2D eigenvalue weighted by molar-refractivity contribution is 9.10. The number of halogens is 2. The molecule has 0 aliphatic carbocycles. The van der Waals surface area contributed by atoms with Gasteiger partial charge in [-0.2, -0.15) is 0 Å². The van der Waals surface area contributed by atoms with Crippen molar-refractivity contribution in [3.8, 4) is 0 Å². The van der Waals surface area contributed by atoms with Gasteiger partial charge in [0.25, 0.3) is 11.6 Å². The molecule has 0 saturated heterocycles. The van der Waals surface area contributed by atoms with Crippen LogP contribution in [0.5, 0.6) is 0 Å². The molecule has 2 atom stereocenters. The SMILES string of the molecule is O=C(Nc1cccc(C(=O)O[C@H](C(=O)c2ccccc2)[C@@H](Br)c2cccc([N+](=O)[O-])c2)c1)c1ccc(Br)cc1. The van der Waals surface area contributed by atoms with Crippen molar-refractivity contribution in [1.29, 1.82) is 0 Å². The van der Waals surface area contributed by atoms with E-state index in [9.17, 15) is 24.5 Å². The Balaban J connectivity index is 1.59. The molecule has 0 aromatic heterocycles. The number of rotatable bonds is 9. The zero-order chi connectivity index (χ0) is 27.9. The molecule has 0 radical (unpaired) electrons. The van der Waals surface area contributed by atoms with Crippen LogP contribution in [0.25, 0.3) is 0 Å². The Morgan fingerprint density at radius 1 is 0.795 bits per heavy atom. The van der Waals surface area contributed by atoms with E-state index in [1.54, 1.807) is 72.8 Å². The van der Waals surface area contributed by atoms with Gasteiger partial charge in [-0.25, -0.2) is 4.79 Å². The molecule has 1 amide bonds. The summed E-state index contributed by atoms with van der Waals surface area (Å²) >= 11 is 6.76. The van der Waals surface area contributed by atoms with Gasteiger partial charge in [0.2, 0.25) is 5.78 Å². The Hall–Kier alpha value is -4.15. The molecule has 0 aliphatic rings. The molecule has 4 aromatic carbocycles. The van der Waals surface area contributed by atoms with E-state index in [0.29, 0.717) is 22.4 Å². The number of nitrogens with zero attached hydrogens (tertiary/aromatic N) is 1. The van der Waals surface area contributed by atoms with Gasteiger partial charge in [0, 0.05) is 33.4 Å². The fourth-order valence-corrected chi connectivity index (χ4v) is 4.61. The molecular weight excluding hydrogens is 632 g/mol. The third-order valence-corrected chi connectivity index (χ3v) is 7.22. The van der Waals surface area contributed by atoms with Crippen LogP contribution in [-0.2, 0) is 4.74 Å². The smallest absolute Gasteiger partial charge is 0.338 e. The number of benzene rings is 4. The minimum absolute atomic E-state index is 0.105. The second kappa shape index (κ2) is 12.6. The Morgan fingerprint density at radius 2 is 1.46 bits per heavy atom. The highest BCUT2D eigenvalue weighted by Gasteiger charge is 2.33. The first-order chi connectivity index (χ1) is 18.7. The number of hydrogen-bond acceptors (Lipinski definition) is 6. The van der Waals surface area contributed by atoms with Crippen LogP contribution in [0.15, 0.2) is 108 Å². The fraction of sp³-hybridized carbons (Fsp3) is 0.0690. The number of ether oxygens (including phenoxy) is 1. The summed E-state index contributed by atoms with van der Waals surface area (Å²) in [5, 5.41) is 14.0. The summed E-state index contributed by atoms with van der Waals surface area (Å²) < 4.78 is 6.54. The second-order valence-corrected chi connectivity index (χ2v) is 10.3. The van der Waals surface area contributed by atoms with Gasteiger partial charge in [-0.3, -0.25) is 19.7 Å². The topological polar surface area (TPSA) is 116 Å². The number of nitro groups is 1. The normalized spacial score (nSPS) is 12.2. The number of amides is 1. The van der Waals surface area contributed by atoms with Crippen molar-refractivity contribution < 1.29 is 24.0 Å². The lowest BCUT2D eigenvalue weighted by Crippen LogP contribution is -2.31. The molecule has 0 unspecified atom stereocenters. The molecular formula is C29H20Br2N2O6. The molecule has 10 heteroatoms. The average molecular weight is 652 g/mol. The van der Waals surface area contributed by atoms with Crippen LogP contribution < -0.4 is 5.32 Å². The third-order valence-electron chi connectivity index (χ3n) is 5.68. The van der Waals surface area contributed by atoms with Gasteiger partial charge in [-0.1, -0.05) is 80.4 Å². The zero-order valence-corrected chi connectivity index (χ0v) is 23.3. The van der Waals surface area contributed by atoms with Gasteiger partial charge in [0.1, 0.15) is 0 Å². The maximum Gasteiger partial charge on any atom is 0.338 e. The van der Waals surface area contributed by atoms with Gasteiger partial charge >= 0.3 is 5.97 Å². The first-order valence-electron chi connectivity index (χ1n) is 11.6. The van der Waals surface area contributed by atoms with Crippen molar-refractivity contribution >= 4 is 60.9 Å². The standard InChI is InChI=1S/C29H20Br2N2O6/c30-22-14-12-19(13-15-22)28(35)32-23-10-4-9-21(16-23)29(36)39-27(26(34)18-6-2-1-3-7-18)25(31)20-8-5-11-24(17-20)33(37)38/h1-17,25,27H,(H,32,35)/t25-,27-/m0/s1. The predicted octanol–water partition coefficient (Wildman–Crippen LogP) is 7.15. The Labute approximate surface area is 240 Å². The monoisotopic (exact) mass is 650 g/mol. The van der Waals surface area contributed by atoms with E-state index >= 15 is 0 Å². The van der Waals surface area contributed by atoms with E-state index < -0.39 is 27.6 Å². The van der Waals surface area contributed by atoms with Crippen LogP contribution in [0.2, 0.25) is 0 Å². The lowest BCUT2D eigenvalue weighted by Gasteiger charge is -2.22. The van der Waals surface area contributed by atoms with E-state index in [0.717, 1.165) is 4.47 Å². The van der Waals surface area contributed by atoms with Crippen molar-refractivity contribution in [2.24, 2.45) is 0 Å². The maximum atomic E-state index is 13.4. The molecule has 0 spiro atoms. The first kappa shape index (κ1) is 27.9. The zero-order valence-electron chi connectivity index (χ0n) is 20.1. The number of carbonyl (C=O) groups is 3. The Bertz CT molecular complexity index is 1530. The number of hydrogen-bond donors (Lipinski definition) is 1. The summed E-state index contributed by atoms with van der Waals surface area (Å²) in [6, 6.07) is 27.0. The minimum Gasteiger partial charge on any atom is -0.449 e. The van der Waals surface area contributed by atoms with Crippen LogP contribution in [0, 0.1) is 10.1 Å². The highest BCUT2D eigenvalue weighted by Crippen LogP contribution is 2.33. The van der Waals surface area contributed by atoms with E-state index in [1.165, 1.54) is 30.3 Å². The third kappa shape index (κ3) is 7.04. The molecule has 4 aromatic rings. The summed E-state index contributed by atoms with van der Waals surface area (Å²) in [6.07, 6.45) is -1.34.